The number of benzene rings is 1. The molecule has 0 radical (unpaired) electrons. The fourth-order valence-electron chi connectivity index (χ4n) is 2.57. The van der Waals surface area contributed by atoms with Crippen molar-refractivity contribution in [2.24, 2.45) is 11.8 Å². The van der Waals surface area contributed by atoms with Crippen molar-refractivity contribution in [1.82, 2.24) is 4.90 Å². The summed E-state index contributed by atoms with van der Waals surface area (Å²) in [5, 5.41) is 8.98. The Morgan fingerprint density at radius 1 is 1.26 bits per heavy atom. The van der Waals surface area contributed by atoms with E-state index in [1.807, 2.05) is 0 Å². The number of rotatable bonds is 5. The monoisotopic (exact) mass is 331 g/mol. The van der Waals surface area contributed by atoms with Crippen molar-refractivity contribution in [2.75, 3.05) is 7.05 Å². The smallest absolute Gasteiger partial charge is 0.481 e. The van der Waals surface area contributed by atoms with Crippen LogP contribution in [0, 0.1) is 11.8 Å². The molecule has 0 aromatic heterocycles. The van der Waals surface area contributed by atoms with E-state index in [1.165, 1.54) is 30.1 Å². The summed E-state index contributed by atoms with van der Waals surface area (Å²) in [6.07, 6.45) is -3.91. The van der Waals surface area contributed by atoms with Crippen LogP contribution in [-0.2, 0) is 16.1 Å². The Bertz CT molecular complexity index is 603. The molecule has 23 heavy (non-hydrogen) atoms. The van der Waals surface area contributed by atoms with Gasteiger partial charge in [0, 0.05) is 19.2 Å². The van der Waals surface area contributed by atoms with Crippen LogP contribution in [0.2, 0.25) is 0 Å². The second-order valence-corrected chi connectivity index (χ2v) is 5.48. The Labute approximate surface area is 130 Å². The van der Waals surface area contributed by atoms with Gasteiger partial charge in [0.1, 0.15) is 5.75 Å². The van der Waals surface area contributed by atoms with Crippen LogP contribution >= 0.6 is 0 Å². The van der Waals surface area contributed by atoms with Gasteiger partial charge >= 0.3 is 12.3 Å². The lowest BCUT2D eigenvalue weighted by molar-refractivity contribution is -0.275. The number of halogens is 3. The molecule has 1 aromatic carbocycles. The Morgan fingerprint density at radius 2 is 1.87 bits per heavy atom. The van der Waals surface area contributed by atoms with Crippen molar-refractivity contribution in [3.05, 3.63) is 29.8 Å². The van der Waals surface area contributed by atoms with E-state index in [0.29, 0.717) is 12.8 Å². The second kappa shape index (κ2) is 6.47. The highest BCUT2D eigenvalue weighted by atomic mass is 19.4. The van der Waals surface area contributed by atoms with E-state index < -0.39 is 24.2 Å². The minimum absolute atomic E-state index is 0.0894. The molecule has 1 fully saturated rings. The van der Waals surface area contributed by atoms with Crippen molar-refractivity contribution in [3.63, 3.8) is 0 Å². The first-order valence-electron chi connectivity index (χ1n) is 7.00. The van der Waals surface area contributed by atoms with Crippen molar-refractivity contribution in [2.45, 2.75) is 25.7 Å². The van der Waals surface area contributed by atoms with Crippen molar-refractivity contribution < 1.29 is 32.6 Å². The van der Waals surface area contributed by atoms with Gasteiger partial charge in [-0.15, -0.1) is 13.2 Å². The molecule has 1 aliphatic carbocycles. The number of nitrogens with zero attached hydrogens (tertiary/aromatic N) is 1. The normalized spacial score (nSPS) is 20.5. The lowest BCUT2D eigenvalue weighted by Crippen LogP contribution is -2.44. The molecular weight excluding hydrogens is 315 g/mol. The maximum atomic E-state index is 12.4. The summed E-state index contributed by atoms with van der Waals surface area (Å²) in [6, 6.07) is 5.55. The predicted octanol–water partition coefficient (Wildman–Crippen LogP) is 2.65. The molecule has 0 aliphatic heterocycles. The van der Waals surface area contributed by atoms with Crippen molar-refractivity contribution >= 4 is 11.9 Å². The molecule has 126 valence electrons. The topological polar surface area (TPSA) is 66.8 Å². The number of carbonyl (C=O) groups is 2. The lowest BCUT2D eigenvalue weighted by Gasteiger charge is -2.35. The molecule has 1 amide bonds. The number of carboxylic acids is 1. The lowest BCUT2D eigenvalue weighted by atomic mass is 9.73. The van der Waals surface area contributed by atoms with Gasteiger partial charge in [-0.05, 0) is 18.9 Å². The van der Waals surface area contributed by atoms with Crippen LogP contribution < -0.4 is 4.74 Å². The summed E-state index contributed by atoms with van der Waals surface area (Å²) in [6.45, 7) is -0.0894. The molecule has 5 nitrogen and oxygen atoms in total. The summed E-state index contributed by atoms with van der Waals surface area (Å²) in [7, 11) is 1.43. The van der Waals surface area contributed by atoms with E-state index >= 15 is 0 Å². The molecule has 8 heteroatoms. The molecule has 1 N–H and O–H groups in total. The highest BCUT2D eigenvalue weighted by molar-refractivity contribution is 5.86. The van der Waals surface area contributed by atoms with E-state index in [0.717, 1.165) is 0 Å². The number of alkyl halides is 3. The Morgan fingerprint density at radius 3 is 2.39 bits per heavy atom. The number of carboxylic acid groups (broad SMARTS) is 1. The number of aliphatic carboxylic acids is 1. The number of para-hydroxylation sites is 1. The molecule has 1 aromatic rings. The summed E-state index contributed by atoms with van der Waals surface area (Å²) in [5.74, 6) is -3.11. The SMILES string of the molecule is CN(Cc1ccccc1OC(F)(F)F)C(=O)C1CCC1C(=O)O. The third-order valence-corrected chi connectivity index (χ3v) is 3.89. The molecule has 0 spiro atoms. The van der Waals surface area contributed by atoms with Crippen molar-refractivity contribution in [1.29, 1.82) is 0 Å². The fourth-order valence-corrected chi connectivity index (χ4v) is 2.57. The highest BCUT2D eigenvalue weighted by Crippen LogP contribution is 2.36. The van der Waals surface area contributed by atoms with Crippen LogP contribution in [0.3, 0.4) is 0 Å². The van der Waals surface area contributed by atoms with E-state index in [-0.39, 0.29) is 23.8 Å². The molecule has 2 atom stereocenters. The first-order chi connectivity index (χ1) is 10.7. The van der Waals surface area contributed by atoms with Crippen LogP contribution in [0.15, 0.2) is 24.3 Å². The molecule has 1 saturated carbocycles. The summed E-state index contributed by atoms with van der Waals surface area (Å²) in [5.41, 5.74) is 0.201. The second-order valence-electron chi connectivity index (χ2n) is 5.48. The molecule has 2 rings (SSSR count). The van der Waals surface area contributed by atoms with Gasteiger partial charge in [-0.3, -0.25) is 9.59 Å². The van der Waals surface area contributed by atoms with Crippen LogP contribution in [0.25, 0.3) is 0 Å². The Hall–Kier alpha value is -2.25. The van der Waals surface area contributed by atoms with Gasteiger partial charge in [-0.25, -0.2) is 0 Å². The van der Waals surface area contributed by atoms with E-state index in [2.05, 4.69) is 4.74 Å². The van der Waals surface area contributed by atoms with Crippen molar-refractivity contribution in [3.8, 4) is 5.75 Å². The zero-order chi connectivity index (χ0) is 17.2. The predicted molar refractivity (Wildman–Crippen MR) is 73.4 cm³/mol. The number of amides is 1. The van der Waals surface area contributed by atoms with E-state index in [9.17, 15) is 22.8 Å². The molecule has 2 unspecified atom stereocenters. The third-order valence-electron chi connectivity index (χ3n) is 3.89. The summed E-state index contributed by atoms with van der Waals surface area (Å²) < 4.78 is 41.1. The molecule has 0 saturated heterocycles. The first-order valence-corrected chi connectivity index (χ1v) is 7.00. The average Bonchev–Trinajstić information content (AvgIpc) is 2.37. The quantitative estimate of drug-likeness (QED) is 0.901. The third kappa shape index (κ3) is 4.14. The summed E-state index contributed by atoms with van der Waals surface area (Å²) >= 11 is 0. The van der Waals surface area contributed by atoms with Gasteiger partial charge in [-0.2, -0.15) is 0 Å². The van der Waals surface area contributed by atoms with Crippen LogP contribution in [0.4, 0.5) is 13.2 Å². The molecule has 1 aliphatic rings. The van der Waals surface area contributed by atoms with Crippen LogP contribution in [0.1, 0.15) is 18.4 Å². The maximum absolute atomic E-state index is 12.4. The number of carbonyl (C=O) groups excluding carboxylic acids is 1. The minimum Gasteiger partial charge on any atom is -0.481 e. The van der Waals surface area contributed by atoms with Gasteiger partial charge in [0.15, 0.2) is 0 Å². The maximum Gasteiger partial charge on any atom is 0.573 e. The number of ether oxygens (including phenoxy) is 1. The Kier molecular flexibility index (Phi) is 4.82. The standard InChI is InChI=1S/C15H16F3NO4/c1-19(13(20)10-6-7-11(10)14(21)22)8-9-4-2-3-5-12(9)23-15(16,17)18/h2-5,10-11H,6-8H2,1H3,(H,21,22). The van der Waals surface area contributed by atoms with Crippen LogP contribution in [0.5, 0.6) is 5.75 Å². The highest BCUT2D eigenvalue weighted by Gasteiger charge is 2.42. The number of hydrogen-bond acceptors (Lipinski definition) is 3. The molecule has 0 heterocycles. The van der Waals surface area contributed by atoms with Gasteiger partial charge in [0.2, 0.25) is 5.91 Å². The first kappa shape index (κ1) is 17.1. The van der Waals surface area contributed by atoms with E-state index in [1.54, 1.807) is 6.07 Å². The van der Waals surface area contributed by atoms with E-state index in [4.69, 9.17) is 5.11 Å². The summed E-state index contributed by atoms with van der Waals surface area (Å²) in [4.78, 5) is 24.4. The van der Waals surface area contributed by atoms with Gasteiger partial charge in [0.05, 0.1) is 11.8 Å². The zero-order valence-corrected chi connectivity index (χ0v) is 12.3. The largest absolute Gasteiger partial charge is 0.573 e. The van der Waals surface area contributed by atoms with Gasteiger partial charge < -0.3 is 14.7 Å². The molecule has 0 bridgehead atoms. The number of hydrogen-bond donors (Lipinski definition) is 1. The van der Waals surface area contributed by atoms with Crippen LogP contribution in [-0.4, -0.2) is 35.3 Å². The van der Waals surface area contributed by atoms with Gasteiger partial charge in [-0.1, -0.05) is 18.2 Å². The average molecular weight is 331 g/mol. The Balaban J connectivity index is 2.07. The van der Waals surface area contributed by atoms with Gasteiger partial charge in [0.25, 0.3) is 0 Å². The molecular formula is C15H16F3NO4. The zero-order valence-electron chi connectivity index (χ0n) is 12.3. The fraction of sp³-hybridized carbons (Fsp3) is 0.467. The minimum atomic E-state index is -4.82.